The van der Waals surface area contributed by atoms with Gasteiger partial charge in [-0.15, -0.1) is 0 Å². The van der Waals surface area contributed by atoms with Crippen LogP contribution < -0.4 is 5.73 Å². The smallest absolute Gasteiger partial charge is 0.354 e. The van der Waals surface area contributed by atoms with E-state index in [1.807, 2.05) is 0 Å². The number of primary amides is 1. The minimum atomic E-state index is -1.22. The first-order valence-corrected chi connectivity index (χ1v) is 5.62. The van der Waals surface area contributed by atoms with Gasteiger partial charge < -0.3 is 15.7 Å². The van der Waals surface area contributed by atoms with Gasteiger partial charge in [-0.25, -0.2) is 9.78 Å². The van der Waals surface area contributed by atoms with Crippen LogP contribution in [0.1, 0.15) is 34.8 Å². The number of nitrogens with zero attached hydrogens (tertiary/aromatic N) is 2. The Kier molecular flexibility index (Phi) is 4.57. The highest BCUT2D eigenvalue weighted by atomic mass is 16.4. The lowest BCUT2D eigenvalue weighted by Crippen LogP contribution is -2.43. The molecule has 1 aromatic heterocycles. The monoisotopic (exact) mass is 265 g/mol. The largest absolute Gasteiger partial charge is 0.477 e. The molecule has 0 aliphatic rings. The van der Waals surface area contributed by atoms with Gasteiger partial charge >= 0.3 is 5.97 Å². The van der Waals surface area contributed by atoms with Crippen molar-refractivity contribution in [3.05, 3.63) is 29.6 Å². The third-order valence-electron chi connectivity index (χ3n) is 2.40. The van der Waals surface area contributed by atoms with Crippen molar-refractivity contribution in [2.45, 2.75) is 19.9 Å². The number of aromatic nitrogens is 1. The summed E-state index contributed by atoms with van der Waals surface area (Å²) < 4.78 is 0. The Morgan fingerprint density at radius 3 is 2.37 bits per heavy atom. The quantitative estimate of drug-likeness (QED) is 0.784. The van der Waals surface area contributed by atoms with Crippen LogP contribution in [0.15, 0.2) is 18.2 Å². The van der Waals surface area contributed by atoms with E-state index in [1.54, 1.807) is 13.8 Å². The summed E-state index contributed by atoms with van der Waals surface area (Å²) in [6, 6.07) is 3.85. The molecule has 7 nitrogen and oxygen atoms in total. The Morgan fingerprint density at radius 2 is 1.89 bits per heavy atom. The van der Waals surface area contributed by atoms with Crippen LogP contribution in [0.3, 0.4) is 0 Å². The molecule has 0 aliphatic carbocycles. The number of aromatic carboxylic acids is 1. The molecule has 0 saturated heterocycles. The van der Waals surface area contributed by atoms with Gasteiger partial charge in [0.1, 0.15) is 11.4 Å². The molecular formula is C12H15N3O4. The second-order valence-electron chi connectivity index (χ2n) is 4.21. The maximum absolute atomic E-state index is 12.2. The van der Waals surface area contributed by atoms with Crippen LogP contribution >= 0.6 is 0 Å². The van der Waals surface area contributed by atoms with Crippen LogP contribution in [0.25, 0.3) is 0 Å². The van der Waals surface area contributed by atoms with Crippen molar-refractivity contribution in [2.24, 2.45) is 5.73 Å². The predicted molar refractivity (Wildman–Crippen MR) is 66.6 cm³/mol. The lowest BCUT2D eigenvalue weighted by atomic mass is 10.2. The number of pyridine rings is 1. The molecular weight excluding hydrogens is 250 g/mol. The van der Waals surface area contributed by atoms with E-state index in [1.165, 1.54) is 23.1 Å². The normalized spacial score (nSPS) is 10.3. The molecule has 0 radical (unpaired) electrons. The van der Waals surface area contributed by atoms with Crippen LogP contribution in [-0.2, 0) is 4.79 Å². The van der Waals surface area contributed by atoms with E-state index in [4.69, 9.17) is 10.8 Å². The van der Waals surface area contributed by atoms with Gasteiger partial charge in [-0.1, -0.05) is 6.07 Å². The Labute approximate surface area is 110 Å². The zero-order valence-corrected chi connectivity index (χ0v) is 10.7. The average molecular weight is 265 g/mol. The highest BCUT2D eigenvalue weighted by Crippen LogP contribution is 2.07. The van der Waals surface area contributed by atoms with Gasteiger partial charge in [0.05, 0.1) is 6.54 Å². The molecule has 0 aliphatic heterocycles. The van der Waals surface area contributed by atoms with Gasteiger partial charge in [0.15, 0.2) is 0 Å². The van der Waals surface area contributed by atoms with E-state index in [-0.39, 0.29) is 24.0 Å². The zero-order valence-electron chi connectivity index (χ0n) is 10.7. The summed E-state index contributed by atoms with van der Waals surface area (Å²) in [5.41, 5.74) is 4.82. The van der Waals surface area contributed by atoms with Gasteiger partial charge in [0, 0.05) is 6.04 Å². The fraction of sp³-hybridized carbons (Fsp3) is 0.333. The second-order valence-corrected chi connectivity index (χ2v) is 4.21. The van der Waals surface area contributed by atoms with Gasteiger partial charge in [0.2, 0.25) is 5.91 Å². The third-order valence-corrected chi connectivity index (χ3v) is 2.40. The van der Waals surface area contributed by atoms with Crippen LogP contribution in [0.2, 0.25) is 0 Å². The third kappa shape index (κ3) is 3.77. The summed E-state index contributed by atoms with van der Waals surface area (Å²) in [6.07, 6.45) is 0. The Balaban J connectivity index is 3.05. The summed E-state index contributed by atoms with van der Waals surface area (Å²) >= 11 is 0. The number of hydrogen-bond acceptors (Lipinski definition) is 4. The first kappa shape index (κ1) is 14.6. The maximum atomic E-state index is 12.2. The minimum Gasteiger partial charge on any atom is -0.477 e. The molecule has 1 heterocycles. The van der Waals surface area contributed by atoms with E-state index in [2.05, 4.69) is 4.98 Å². The average Bonchev–Trinajstić information content (AvgIpc) is 2.34. The molecule has 0 atom stereocenters. The topological polar surface area (TPSA) is 114 Å². The maximum Gasteiger partial charge on any atom is 0.354 e. The lowest BCUT2D eigenvalue weighted by molar-refractivity contribution is -0.119. The van der Waals surface area contributed by atoms with E-state index in [9.17, 15) is 14.4 Å². The molecule has 3 N–H and O–H groups in total. The van der Waals surface area contributed by atoms with E-state index in [0.717, 1.165) is 0 Å². The van der Waals surface area contributed by atoms with Crippen molar-refractivity contribution in [1.82, 2.24) is 9.88 Å². The van der Waals surface area contributed by atoms with Gasteiger partial charge in [0.25, 0.3) is 5.91 Å². The Bertz CT molecular complexity index is 513. The standard InChI is InChI=1S/C12H15N3O4/c1-7(2)15(6-10(13)16)11(17)8-4-3-5-9(14-8)12(18)19/h3-5,7H,6H2,1-2H3,(H2,13,16)(H,18,19). The second kappa shape index (κ2) is 5.94. The predicted octanol–water partition coefficient (Wildman–Crippen LogP) is 0.116. The summed E-state index contributed by atoms with van der Waals surface area (Å²) in [5, 5.41) is 8.82. The highest BCUT2D eigenvalue weighted by molar-refractivity contribution is 5.96. The summed E-state index contributed by atoms with van der Waals surface area (Å²) in [5.74, 6) is -2.39. The fourth-order valence-corrected chi connectivity index (χ4v) is 1.48. The molecule has 1 aromatic rings. The van der Waals surface area contributed by atoms with Gasteiger partial charge in [-0.05, 0) is 26.0 Å². The molecule has 19 heavy (non-hydrogen) atoms. The number of carbonyl (C=O) groups excluding carboxylic acids is 2. The number of amides is 2. The minimum absolute atomic E-state index is 0.0325. The van der Waals surface area contributed by atoms with Gasteiger partial charge in [-0.2, -0.15) is 0 Å². The molecule has 0 saturated carbocycles. The molecule has 0 spiro atoms. The molecule has 0 aromatic carbocycles. The van der Waals surface area contributed by atoms with Gasteiger partial charge in [-0.3, -0.25) is 9.59 Å². The lowest BCUT2D eigenvalue weighted by Gasteiger charge is -2.24. The number of rotatable bonds is 5. The van der Waals surface area contributed by atoms with Crippen molar-refractivity contribution in [3.8, 4) is 0 Å². The fourth-order valence-electron chi connectivity index (χ4n) is 1.48. The highest BCUT2D eigenvalue weighted by Gasteiger charge is 2.22. The number of carboxylic acids is 1. The number of carbonyl (C=O) groups is 3. The Morgan fingerprint density at radius 1 is 1.32 bits per heavy atom. The van der Waals surface area contributed by atoms with E-state index >= 15 is 0 Å². The van der Waals surface area contributed by atoms with E-state index in [0.29, 0.717) is 0 Å². The number of carboxylic acid groups (broad SMARTS) is 1. The van der Waals surface area contributed by atoms with Crippen molar-refractivity contribution < 1.29 is 19.5 Å². The van der Waals surface area contributed by atoms with Crippen LogP contribution in [0.5, 0.6) is 0 Å². The molecule has 2 amide bonds. The van der Waals surface area contributed by atoms with Crippen LogP contribution in [0.4, 0.5) is 0 Å². The molecule has 1 rings (SSSR count). The zero-order chi connectivity index (χ0) is 14.6. The summed E-state index contributed by atoms with van der Waals surface area (Å²) in [6.45, 7) is 3.21. The molecule has 7 heteroatoms. The molecule has 0 fully saturated rings. The Hall–Kier alpha value is -2.44. The van der Waals surface area contributed by atoms with Crippen molar-refractivity contribution in [3.63, 3.8) is 0 Å². The van der Waals surface area contributed by atoms with E-state index < -0.39 is 17.8 Å². The molecule has 102 valence electrons. The molecule has 0 unspecified atom stereocenters. The SMILES string of the molecule is CC(C)N(CC(N)=O)C(=O)c1cccc(C(=O)O)n1. The van der Waals surface area contributed by atoms with Crippen molar-refractivity contribution in [1.29, 1.82) is 0 Å². The van der Waals surface area contributed by atoms with Crippen LogP contribution in [0, 0.1) is 0 Å². The van der Waals surface area contributed by atoms with Crippen LogP contribution in [-0.4, -0.2) is 45.4 Å². The first-order valence-electron chi connectivity index (χ1n) is 5.62. The van der Waals surface area contributed by atoms with Crippen molar-refractivity contribution >= 4 is 17.8 Å². The summed E-state index contributed by atoms with van der Waals surface area (Å²) in [4.78, 5) is 38.9. The molecule has 0 bridgehead atoms. The van der Waals surface area contributed by atoms with Crippen molar-refractivity contribution in [2.75, 3.05) is 6.54 Å². The first-order chi connectivity index (χ1) is 8.82. The number of nitrogens with two attached hydrogens (primary N) is 1. The summed E-state index contributed by atoms with van der Waals surface area (Å²) in [7, 11) is 0. The number of hydrogen-bond donors (Lipinski definition) is 2.